The summed E-state index contributed by atoms with van der Waals surface area (Å²) in [6.07, 6.45) is 1.43. The first-order valence-corrected chi connectivity index (χ1v) is 6.78. The summed E-state index contributed by atoms with van der Waals surface area (Å²) >= 11 is 5.85. The molecule has 0 radical (unpaired) electrons. The van der Waals surface area contributed by atoms with E-state index in [0.29, 0.717) is 10.7 Å². The van der Waals surface area contributed by atoms with Gasteiger partial charge in [-0.2, -0.15) is 13.9 Å². The molecule has 1 aromatic heterocycles. The molecule has 118 valence electrons. The molecule has 0 unspecified atom stereocenters. The summed E-state index contributed by atoms with van der Waals surface area (Å²) in [5.41, 5.74) is 1.56. The van der Waals surface area contributed by atoms with E-state index in [1.165, 1.54) is 23.0 Å². The smallest absolute Gasteiger partial charge is 0.387 e. The van der Waals surface area contributed by atoms with Gasteiger partial charge in [-0.25, -0.2) is 0 Å². The van der Waals surface area contributed by atoms with Crippen LogP contribution in [0.2, 0.25) is 5.02 Å². The van der Waals surface area contributed by atoms with Gasteiger partial charge >= 0.3 is 6.61 Å². The number of carbonyl (C=O) groups excluding carboxylic acids is 1. The molecule has 0 atom stereocenters. The summed E-state index contributed by atoms with van der Waals surface area (Å²) < 4.78 is 30.6. The topological polar surface area (TPSA) is 56.2 Å². The van der Waals surface area contributed by atoms with Crippen LogP contribution >= 0.6 is 11.6 Å². The van der Waals surface area contributed by atoms with Gasteiger partial charge in [0.15, 0.2) is 0 Å². The normalized spacial score (nSPS) is 10.8. The van der Waals surface area contributed by atoms with Gasteiger partial charge in [0.1, 0.15) is 12.3 Å². The average molecular weight is 330 g/mol. The quantitative estimate of drug-likeness (QED) is 0.914. The molecular weight excluding hydrogens is 316 g/mol. The summed E-state index contributed by atoms with van der Waals surface area (Å²) in [4.78, 5) is 12.0. The second kappa shape index (κ2) is 6.74. The van der Waals surface area contributed by atoms with Crippen molar-refractivity contribution in [1.82, 2.24) is 9.78 Å². The third kappa shape index (κ3) is 3.94. The number of benzene rings is 1. The maximum atomic E-state index is 12.4. The van der Waals surface area contributed by atoms with Gasteiger partial charge in [-0.15, -0.1) is 0 Å². The molecule has 8 heteroatoms. The number of amides is 1. The standard InChI is InChI=1S/C14H14ClF2N3O2/c1-8-3-4-11(12(5-8)22-14(16)17)19-13(21)7-20-9(2)10(15)6-18-20/h3-6,14H,7H2,1-2H3,(H,19,21). The number of ether oxygens (including phenoxy) is 1. The molecule has 1 N–H and O–H groups in total. The van der Waals surface area contributed by atoms with E-state index >= 15 is 0 Å². The van der Waals surface area contributed by atoms with Crippen molar-refractivity contribution in [3.05, 3.63) is 40.7 Å². The van der Waals surface area contributed by atoms with Crippen LogP contribution in [0.1, 0.15) is 11.3 Å². The SMILES string of the molecule is Cc1ccc(NC(=O)Cn2ncc(Cl)c2C)c(OC(F)F)c1. The van der Waals surface area contributed by atoms with Crippen molar-refractivity contribution >= 4 is 23.2 Å². The Balaban J connectivity index is 2.12. The molecule has 0 fully saturated rings. The number of halogens is 3. The zero-order valence-corrected chi connectivity index (χ0v) is 12.7. The Bertz CT molecular complexity index is 689. The lowest BCUT2D eigenvalue weighted by molar-refractivity contribution is -0.117. The minimum absolute atomic E-state index is 0.0828. The van der Waals surface area contributed by atoms with Gasteiger partial charge in [-0.1, -0.05) is 17.7 Å². The van der Waals surface area contributed by atoms with Gasteiger partial charge in [0.25, 0.3) is 0 Å². The molecule has 22 heavy (non-hydrogen) atoms. The van der Waals surface area contributed by atoms with E-state index < -0.39 is 12.5 Å². The minimum atomic E-state index is -2.97. The molecule has 0 aliphatic rings. The van der Waals surface area contributed by atoms with Gasteiger partial charge in [-0.05, 0) is 31.5 Å². The van der Waals surface area contributed by atoms with Crippen LogP contribution < -0.4 is 10.1 Å². The Hall–Kier alpha value is -2.15. The Morgan fingerprint density at radius 3 is 2.77 bits per heavy atom. The third-order valence-electron chi connectivity index (χ3n) is 2.96. The van der Waals surface area contributed by atoms with Crippen LogP contribution in [0.25, 0.3) is 0 Å². The van der Waals surface area contributed by atoms with Crippen LogP contribution in [0.15, 0.2) is 24.4 Å². The van der Waals surface area contributed by atoms with Crippen molar-refractivity contribution in [1.29, 1.82) is 0 Å². The number of aromatic nitrogens is 2. The molecule has 2 rings (SSSR count). The van der Waals surface area contributed by atoms with Crippen molar-refractivity contribution in [2.45, 2.75) is 27.0 Å². The van der Waals surface area contributed by atoms with E-state index in [-0.39, 0.29) is 18.0 Å². The van der Waals surface area contributed by atoms with Crippen molar-refractivity contribution < 1.29 is 18.3 Å². The maximum absolute atomic E-state index is 12.4. The highest BCUT2D eigenvalue weighted by molar-refractivity contribution is 6.31. The minimum Gasteiger partial charge on any atom is -0.433 e. The molecule has 1 aromatic carbocycles. The van der Waals surface area contributed by atoms with E-state index in [9.17, 15) is 13.6 Å². The lowest BCUT2D eigenvalue weighted by atomic mass is 10.2. The Kier molecular flexibility index (Phi) is 4.97. The summed E-state index contributed by atoms with van der Waals surface area (Å²) in [6, 6.07) is 4.62. The molecule has 1 heterocycles. The fraction of sp³-hybridized carbons (Fsp3) is 0.286. The Morgan fingerprint density at radius 1 is 1.45 bits per heavy atom. The summed E-state index contributed by atoms with van der Waals surface area (Å²) in [6.45, 7) is 0.406. The predicted octanol–water partition coefficient (Wildman–Crippen LogP) is 3.39. The number of aryl methyl sites for hydroxylation is 1. The highest BCUT2D eigenvalue weighted by Gasteiger charge is 2.14. The lowest BCUT2D eigenvalue weighted by Crippen LogP contribution is -2.21. The van der Waals surface area contributed by atoms with Crippen molar-refractivity contribution in [2.75, 3.05) is 5.32 Å². The first-order chi connectivity index (χ1) is 10.4. The molecule has 0 aliphatic carbocycles. The van der Waals surface area contributed by atoms with Crippen LogP contribution in [0.5, 0.6) is 5.75 Å². The van der Waals surface area contributed by atoms with Gasteiger partial charge in [0.05, 0.1) is 22.6 Å². The van der Waals surface area contributed by atoms with Crippen LogP contribution in [0.3, 0.4) is 0 Å². The fourth-order valence-electron chi connectivity index (χ4n) is 1.84. The fourth-order valence-corrected chi connectivity index (χ4v) is 1.98. The summed E-state index contributed by atoms with van der Waals surface area (Å²) in [5.74, 6) is -0.510. The van der Waals surface area contributed by atoms with Gasteiger partial charge in [0, 0.05) is 0 Å². The van der Waals surface area contributed by atoms with Crippen molar-refractivity contribution in [2.24, 2.45) is 0 Å². The van der Waals surface area contributed by atoms with Crippen molar-refractivity contribution in [3.63, 3.8) is 0 Å². The van der Waals surface area contributed by atoms with Crippen LogP contribution in [0.4, 0.5) is 14.5 Å². The second-order valence-corrected chi connectivity index (χ2v) is 5.07. The maximum Gasteiger partial charge on any atom is 0.387 e. The van der Waals surface area contributed by atoms with Crippen LogP contribution in [0, 0.1) is 13.8 Å². The summed E-state index contributed by atoms with van der Waals surface area (Å²) in [7, 11) is 0. The van der Waals surface area contributed by atoms with Gasteiger partial charge < -0.3 is 10.1 Å². The number of anilines is 1. The number of rotatable bonds is 5. The Morgan fingerprint density at radius 2 is 2.18 bits per heavy atom. The average Bonchev–Trinajstić information content (AvgIpc) is 2.73. The number of nitrogens with one attached hydrogen (secondary N) is 1. The number of hydrogen-bond acceptors (Lipinski definition) is 3. The van der Waals surface area contributed by atoms with E-state index in [1.54, 1.807) is 19.9 Å². The van der Waals surface area contributed by atoms with Crippen molar-refractivity contribution in [3.8, 4) is 5.75 Å². The molecule has 0 saturated heterocycles. The second-order valence-electron chi connectivity index (χ2n) is 4.66. The number of hydrogen-bond donors (Lipinski definition) is 1. The first kappa shape index (κ1) is 16.2. The zero-order chi connectivity index (χ0) is 16.3. The molecular formula is C14H14ClF2N3O2. The molecule has 1 amide bonds. The molecule has 0 saturated carbocycles. The highest BCUT2D eigenvalue weighted by atomic mass is 35.5. The number of nitrogens with zero attached hydrogens (tertiary/aromatic N) is 2. The third-order valence-corrected chi connectivity index (χ3v) is 3.33. The van der Waals surface area contributed by atoms with Crippen LogP contribution in [-0.2, 0) is 11.3 Å². The Labute approximate surface area is 130 Å². The van der Waals surface area contributed by atoms with Crippen LogP contribution in [-0.4, -0.2) is 22.3 Å². The number of carbonyl (C=O) groups is 1. The first-order valence-electron chi connectivity index (χ1n) is 6.40. The van der Waals surface area contributed by atoms with Gasteiger partial charge in [0.2, 0.25) is 5.91 Å². The van der Waals surface area contributed by atoms with E-state index in [1.807, 2.05) is 0 Å². The van der Waals surface area contributed by atoms with E-state index in [0.717, 1.165) is 5.56 Å². The number of alkyl halides is 2. The van der Waals surface area contributed by atoms with Gasteiger partial charge in [-0.3, -0.25) is 9.48 Å². The van der Waals surface area contributed by atoms with E-state index in [2.05, 4.69) is 15.2 Å². The molecule has 0 bridgehead atoms. The largest absolute Gasteiger partial charge is 0.433 e. The monoisotopic (exact) mass is 329 g/mol. The predicted molar refractivity (Wildman–Crippen MR) is 78.4 cm³/mol. The molecule has 0 aliphatic heterocycles. The molecule has 5 nitrogen and oxygen atoms in total. The summed E-state index contributed by atoms with van der Waals surface area (Å²) in [5, 5.41) is 6.93. The molecule has 2 aromatic rings. The van der Waals surface area contributed by atoms with E-state index in [4.69, 9.17) is 11.6 Å². The lowest BCUT2D eigenvalue weighted by Gasteiger charge is -2.13. The molecule has 0 spiro atoms. The highest BCUT2D eigenvalue weighted by Crippen LogP contribution is 2.27. The zero-order valence-electron chi connectivity index (χ0n) is 11.9.